The summed E-state index contributed by atoms with van der Waals surface area (Å²) in [5.41, 5.74) is 7.07. The van der Waals surface area contributed by atoms with E-state index in [-0.39, 0.29) is 0 Å². The monoisotopic (exact) mass is 307 g/mol. The summed E-state index contributed by atoms with van der Waals surface area (Å²) in [7, 11) is 0. The van der Waals surface area contributed by atoms with E-state index in [0.717, 1.165) is 43.4 Å². The molecule has 0 aromatic carbocycles. The molecule has 2 aromatic heterocycles. The van der Waals surface area contributed by atoms with Crippen molar-refractivity contribution in [1.82, 2.24) is 14.3 Å². The number of nitrogens with two attached hydrogens (primary N) is 1. The zero-order valence-corrected chi connectivity index (χ0v) is 13.8. The van der Waals surface area contributed by atoms with Crippen LogP contribution in [-0.2, 0) is 6.42 Å². The van der Waals surface area contributed by atoms with Gasteiger partial charge >= 0.3 is 0 Å². The van der Waals surface area contributed by atoms with Crippen LogP contribution in [0.1, 0.15) is 26.0 Å². The summed E-state index contributed by atoms with van der Waals surface area (Å²) in [5, 5.41) is 2.09. The Kier molecular flexibility index (Phi) is 4.47. The number of hydrogen-bond donors (Lipinski definition) is 1. The lowest BCUT2D eigenvalue weighted by molar-refractivity contribution is 0.232. The molecule has 0 radical (unpaired) electrons. The number of aromatic nitrogens is 2. The van der Waals surface area contributed by atoms with Gasteiger partial charge in [-0.05, 0) is 26.1 Å². The smallest absolute Gasteiger partial charge is 0.195 e. The van der Waals surface area contributed by atoms with Crippen LogP contribution >= 0.6 is 11.3 Å². The molecule has 0 aliphatic carbocycles. The molecule has 0 bridgehead atoms. The van der Waals surface area contributed by atoms with Crippen molar-refractivity contribution in [2.45, 2.75) is 32.7 Å². The number of thiazole rings is 1. The number of nitrogens with zero attached hydrogens (tertiary/aromatic N) is 4. The predicted octanol–water partition coefficient (Wildman–Crippen LogP) is 1.82. The van der Waals surface area contributed by atoms with Crippen molar-refractivity contribution < 1.29 is 0 Å². The van der Waals surface area contributed by atoms with Gasteiger partial charge in [-0.25, -0.2) is 4.98 Å². The van der Waals surface area contributed by atoms with Gasteiger partial charge in [0.15, 0.2) is 10.8 Å². The molecule has 5 nitrogen and oxygen atoms in total. The van der Waals surface area contributed by atoms with Crippen LogP contribution in [0.3, 0.4) is 0 Å². The van der Waals surface area contributed by atoms with Crippen LogP contribution < -0.4 is 10.6 Å². The average molecular weight is 307 g/mol. The van der Waals surface area contributed by atoms with E-state index >= 15 is 0 Å². The molecule has 116 valence electrons. The predicted molar refractivity (Wildman–Crippen MR) is 89.4 cm³/mol. The van der Waals surface area contributed by atoms with Crippen LogP contribution in [-0.4, -0.2) is 53.1 Å². The van der Waals surface area contributed by atoms with Gasteiger partial charge in [0.2, 0.25) is 0 Å². The fraction of sp³-hybridized carbons (Fsp3) is 0.667. The van der Waals surface area contributed by atoms with Crippen LogP contribution in [0, 0.1) is 0 Å². The van der Waals surface area contributed by atoms with Crippen molar-refractivity contribution in [3.63, 3.8) is 0 Å². The van der Waals surface area contributed by atoms with Gasteiger partial charge in [-0.15, -0.1) is 11.3 Å². The van der Waals surface area contributed by atoms with Gasteiger partial charge in [0.05, 0.1) is 5.69 Å². The minimum absolute atomic E-state index is 0.658. The Balaban J connectivity index is 1.84. The van der Waals surface area contributed by atoms with E-state index in [4.69, 9.17) is 10.7 Å². The van der Waals surface area contributed by atoms with Gasteiger partial charge in [0.1, 0.15) is 0 Å². The van der Waals surface area contributed by atoms with Gasteiger partial charge in [-0.2, -0.15) is 0 Å². The van der Waals surface area contributed by atoms with E-state index in [2.05, 4.69) is 39.6 Å². The summed E-state index contributed by atoms with van der Waals surface area (Å²) in [4.78, 5) is 10.9. The molecule has 1 aliphatic rings. The first-order valence-corrected chi connectivity index (χ1v) is 8.79. The molecule has 2 aromatic rings. The zero-order valence-electron chi connectivity index (χ0n) is 13.0. The second-order valence-corrected chi connectivity index (χ2v) is 6.46. The highest BCUT2D eigenvalue weighted by Gasteiger charge is 2.29. The lowest BCUT2D eigenvalue weighted by Gasteiger charge is -2.26. The fourth-order valence-electron chi connectivity index (χ4n) is 3.42. The van der Waals surface area contributed by atoms with Crippen molar-refractivity contribution in [1.29, 1.82) is 0 Å². The standard InChI is InChI=1S/C15H25N5S/c1-3-18(4-2)12-6-8-19(11-12)14-13(5-7-16)20-9-10-21-15(20)17-14/h9-10,12H,3-8,11,16H2,1-2H3. The Morgan fingerprint density at radius 3 is 2.95 bits per heavy atom. The lowest BCUT2D eigenvalue weighted by atomic mass is 10.2. The van der Waals surface area contributed by atoms with Gasteiger partial charge in [0.25, 0.3) is 0 Å². The van der Waals surface area contributed by atoms with Gasteiger partial charge < -0.3 is 10.6 Å². The second kappa shape index (κ2) is 6.34. The maximum atomic E-state index is 5.80. The van der Waals surface area contributed by atoms with Gasteiger partial charge in [0, 0.05) is 37.1 Å². The highest BCUT2D eigenvalue weighted by Crippen LogP contribution is 2.28. The van der Waals surface area contributed by atoms with E-state index in [1.54, 1.807) is 11.3 Å². The molecule has 1 fully saturated rings. The highest BCUT2D eigenvalue weighted by molar-refractivity contribution is 7.15. The summed E-state index contributed by atoms with van der Waals surface area (Å²) >= 11 is 1.70. The minimum atomic E-state index is 0.658. The number of hydrogen-bond acceptors (Lipinski definition) is 5. The third kappa shape index (κ3) is 2.67. The van der Waals surface area contributed by atoms with E-state index in [1.807, 2.05) is 0 Å². The molecular formula is C15H25N5S. The van der Waals surface area contributed by atoms with Crippen LogP contribution in [0.25, 0.3) is 4.96 Å². The van der Waals surface area contributed by atoms with E-state index in [1.165, 1.54) is 12.1 Å². The molecule has 1 atom stereocenters. The van der Waals surface area contributed by atoms with E-state index < -0.39 is 0 Å². The number of imidazole rings is 1. The minimum Gasteiger partial charge on any atom is -0.353 e. The summed E-state index contributed by atoms with van der Waals surface area (Å²) in [6.07, 6.45) is 4.23. The first kappa shape index (κ1) is 14.8. The summed E-state index contributed by atoms with van der Waals surface area (Å²) in [5.74, 6) is 1.15. The maximum absolute atomic E-state index is 5.80. The Hall–Kier alpha value is -1.11. The van der Waals surface area contributed by atoms with Crippen molar-refractivity contribution in [2.75, 3.05) is 37.6 Å². The summed E-state index contributed by atoms with van der Waals surface area (Å²) in [6, 6.07) is 0.658. The van der Waals surface area contributed by atoms with Crippen molar-refractivity contribution in [2.24, 2.45) is 5.73 Å². The summed E-state index contributed by atoms with van der Waals surface area (Å²) < 4.78 is 2.21. The number of fused-ring (bicyclic) bond motifs is 1. The highest BCUT2D eigenvalue weighted by atomic mass is 32.1. The van der Waals surface area contributed by atoms with E-state index in [9.17, 15) is 0 Å². The Morgan fingerprint density at radius 2 is 2.24 bits per heavy atom. The van der Waals surface area contributed by atoms with Crippen molar-refractivity contribution in [3.8, 4) is 0 Å². The molecule has 21 heavy (non-hydrogen) atoms. The molecule has 0 saturated carbocycles. The normalized spacial score (nSPS) is 19.2. The quantitative estimate of drug-likeness (QED) is 0.884. The number of rotatable bonds is 6. The molecule has 1 unspecified atom stereocenters. The second-order valence-electron chi connectivity index (χ2n) is 5.59. The molecule has 3 rings (SSSR count). The average Bonchev–Trinajstić information content (AvgIpc) is 3.17. The molecule has 1 aliphatic heterocycles. The van der Waals surface area contributed by atoms with Gasteiger partial charge in [-0.1, -0.05) is 13.8 Å². The topological polar surface area (TPSA) is 49.8 Å². The molecule has 6 heteroatoms. The first-order valence-electron chi connectivity index (χ1n) is 7.92. The number of likely N-dealkylation sites (N-methyl/N-ethyl adjacent to an activating group) is 1. The lowest BCUT2D eigenvalue weighted by Crippen LogP contribution is -2.37. The largest absolute Gasteiger partial charge is 0.353 e. The molecule has 3 heterocycles. The van der Waals surface area contributed by atoms with Crippen LogP contribution in [0.15, 0.2) is 11.6 Å². The molecule has 0 spiro atoms. The zero-order chi connectivity index (χ0) is 14.8. The summed E-state index contributed by atoms with van der Waals surface area (Å²) in [6.45, 7) is 9.61. The van der Waals surface area contributed by atoms with Crippen molar-refractivity contribution >= 4 is 22.1 Å². The molecule has 1 saturated heterocycles. The Bertz CT molecular complexity index is 586. The van der Waals surface area contributed by atoms with E-state index in [0.29, 0.717) is 12.6 Å². The van der Waals surface area contributed by atoms with Gasteiger partial charge in [-0.3, -0.25) is 9.30 Å². The molecule has 0 amide bonds. The Labute approximate surface area is 130 Å². The molecule has 2 N–H and O–H groups in total. The maximum Gasteiger partial charge on any atom is 0.195 e. The van der Waals surface area contributed by atoms with Crippen LogP contribution in [0.4, 0.5) is 5.82 Å². The third-order valence-electron chi connectivity index (χ3n) is 4.51. The van der Waals surface area contributed by atoms with Crippen molar-refractivity contribution in [3.05, 3.63) is 17.3 Å². The van der Waals surface area contributed by atoms with Crippen LogP contribution in [0.5, 0.6) is 0 Å². The first-order chi connectivity index (χ1) is 10.3. The number of anilines is 1. The SMILES string of the molecule is CCN(CC)C1CCN(c2nc3sccn3c2CCN)C1. The fourth-order valence-corrected chi connectivity index (χ4v) is 4.14. The Morgan fingerprint density at radius 1 is 1.43 bits per heavy atom. The molecular weight excluding hydrogens is 282 g/mol. The van der Waals surface area contributed by atoms with Crippen LogP contribution in [0.2, 0.25) is 0 Å². The third-order valence-corrected chi connectivity index (χ3v) is 5.27.